The highest BCUT2D eigenvalue weighted by Crippen LogP contribution is 2.28. The number of carbonyl (C=O) groups excluding carboxylic acids is 1. The highest BCUT2D eigenvalue weighted by atomic mass is 16.2. The van der Waals surface area contributed by atoms with E-state index < -0.39 is 0 Å². The molecule has 1 amide bonds. The van der Waals surface area contributed by atoms with E-state index in [9.17, 15) is 4.79 Å². The number of nitrogens with zero attached hydrogens (tertiary/aromatic N) is 3. The number of benzene rings is 2. The van der Waals surface area contributed by atoms with E-state index in [1.807, 2.05) is 70.4 Å². The molecule has 4 rings (SSSR count). The second kappa shape index (κ2) is 8.21. The highest BCUT2D eigenvalue weighted by Gasteiger charge is 2.28. The van der Waals surface area contributed by atoms with Crippen molar-refractivity contribution in [2.45, 2.75) is 38.6 Å². The van der Waals surface area contributed by atoms with Crippen molar-refractivity contribution in [3.05, 3.63) is 78.5 Å². The molecule has 0 spiro atoms. The minimum absolute atomic E-state index is 0.115. The van der Waals surface area contributed by atoms with Crippen molar-refractivity contribution in [3.63, 3.8) is 0 Å². The Kier molecular flexibility index (Phi) is 5.33. The second-order valence-electron chi connectivity index (χ2n) is 7.20. The predicted molar refractivity (Wildman–Crippen MR) is 108 cm³/mol. The fourth-order valence-electron chi connectivity index (χ4n) is 3.79. The van der Waals surface area contributed by atoms with Crippen molar-refractivity contribution in [1.29, 1.82) is 0 Å². The van der Waals surface area contributed by atoms with Crippen molar-refractivity contribution >= 4 is 11.7 Å². The van der Waals surface area contributed by atoms with Crippen molar-refractivity contribution in [2.24, 2.45) is 5.92 Å². The van der Waals surface area contributed by atoms with Crippen LogP contribution in [0.4, 0.5) is 5.82 Å². The van der Waals surface area contributed by atoms with E-state index >= 15 is 0 Å². The fourth-order valence-corrected chi connectivity index (χ4v) is 3.79. The molecular weight excluding hydrogens is 334 g/mol. The smallest absolute Gasteiger partial charge is 0.231 e. The van der Waals surface area contributed by atoms with Crippen LogP contribution in [0.3, 0.4) is 0 Å². The van der Waals surface area contributed by atoms with Crippen LogP contribution in [-0.2, 0) is 11.3 Å². The highest BCUT2D eigenvalue weighted by molar-refractivity contribution is 5.94. The van der Waals surface area contributed by atoms with Gasteiger partial charge >= 0.3 is 0 Å². The Morgan fingerprint density at radius 2 is 1.59 bits per heavy atom. The lowest BCUT2D eigenvalue weighted by Crippen LogP contribution is -2.37. The van der Waals surface area contributed by atoms with Gasteiger partial charge in [0.15, 0.2) is 5.82 Å². The average molecular weight is 359 g/mol. The van der Waals surface area contributed by atoms with Crippen molar-refractivity contribution in [2.75, 3.05) is 4.90 Å². The Labute approximate surface area is 160 Å². The van der Waals surface area contributed by atoms with Gasteiger partial charge in [-0.05, 0) is 30.5 Å². The van der Waals surface area contributed by atoms with Crippen molar-refractivity contribution < 1.29 is 4.79 Å². The average Bonchev–Trinajstić information content (AvgIpc) is 3.23. The van der Waals surface area contributed by atoms with E-state index in [-0.39, 0.29) is 11.8 Å². The molecule has 1 aliphatic carbocycles. The molecule has 0 aliphatic heterocycles. The molecular formula is C23H25N3O. The number of para-hydroxylation sites is 1. The lowest BCUT2D eigenvalue weighted by Gasteiger charge is -2.28. The summed E-state index contributed by atoms with van der Waals surface area (Å²) in [4.78, 5) is 15.2. The van der Waals surface area contributed by atoms with Gasteiger partial charge in [-0.25, -0.2) is 4.68 Å². The van der Waals surface area contributed by atoms with E-state index in [1.165, 1.54) is 6.42 Å². The van der Waals surface area contributed by atoms with Crippen LogP contribution < -0.4 is 4.90 Å². The minimum atomic E-state index is 0.115. The zero-order valence-corrected chi connectivity index (χ0v) is 15.5. The zero-order chi connectivity index (χ0) is 18.5. The van der Waals surface area contributed by atoms with Crippen LogP contribution >= 0.6 is 0 Å². The summed E-state index contributed by atoms with van der Waals surface area (Å²) in [6.45, 7) is 0.558. The molecule has 0 unspecified atom stereocenters. The number of hydrogen-bond acceptors (Lipinski definition) is 2. The van der Waals surface area contributed by atoms with Crippen LogP contribution in [0.15, 0.2) is 72.9 Å². The molecule has 0 N–H and O–H groups in total. The van der Waals surface area contributed by atoms with Gasteiger partial charge in [-0.3, -0.25) is 9.69 Å². The van der Waals surface area contributed by atoms with Gasteiger partial charge in [0.25, 0.3) is 0 Å². The number of rotatable bonds is 5. The normalized spacial score (nSPS) is 14.8. The van der Waals surface area contributed by atoms with Gasteiger partial charge in [-0.15, -0.1) is 5.10 Å². The molecule has 2 aromatic carbocycles. The van der Waals surface area contributed by atoms with E-state index in [1.54, 1.807) is 0 Å². The number of amides is 1. The van der Waals surface area contributed by atoms with Crippen LogP contribution in [0.5, 0.6) is 0 Å². The molecule has 0 radical (unpaired) electrons. The maximum absolute atomic E-state index is 13.3. The summed E-state index contributed by atoms with van der Waals surface area (Å²) in [5.74, 6) is 1.04. The number of hydrogen-bond donors (Lipinski definition) is 0. The molecule has 0 atom stereocenters. The fraction of sp³-hybridized carbons (Fsp3) is 0.304. The van der Waals surface area contributed by atoms with Crippen LogP contribution in [0.25, 0.3) is 5.69 Å². The summed E-state index contributed by atoms with van der Waals surface area (Å²) in [5, 5.41) is 4.71. The summed E-state index contributed by atoms with van der Waals surface area (Å²) in [6.07, 6.45) is 7.44. The molecule has 138 valence electrons. The molecule has 1 heterocycles. The van der Waals surface area contributed by atoms with E-state index in [0.29, 0.717) is 6.54 Å². The number of anilines is 1. The van der Waals surface area contributed by atoms with Gasteiger partial charge in [-0.2, -0.15) is 0 Å². The minimum Gasteiger partial charge on any atom is -0.291 e. The van der Waals surface area contributed by atoms with E-state index in [4.69, 9.17) is 5.10 Å². The molecule has 1 aromatic heterocycles. The van der Waals surface area contributed by atoms with Crippen LogP contribution in [-0.4, -0.2) is 15.7 Å². The Bertz CT molecular complexity index is 867. The third-order valence-corrected chi connectivity index (χ3v) is 5.28. The first-order valence-electron chi connectivity index (χ1n) is 9.78. The topological polar surface area (TPSA) is 38.1 Å². The number of carbonyl (C=O) groups is 1. The van der Waals surface area contributed by atoms with Gasteiger partial charge in [0.05, 0.1) is 12.2 Å². The van der Waals surface area contributed by atoms with Crippen molar-refractivity contribution in [1.82, 2.24) is 9.78 Å². The molecule has 1 aliphatic rings. The Morgan fingerprint density at radius 3 is 2.30 bits per heavy atom. The molecule has 4 nitrogen and oxygen atoms in total. The largest absolute Gasteiger partial charge is 0.291 e. The Balaban J connectivity index is 1.63. The summed E-state index contributed by atoms with van der Waals surface area (Å²) in [6, 6.07) is 22.1. The van der Waals surface area contributed by atoms with E-state index in [0.717, 1.165) is 42.8 Å². The molecule has 0 bridgehead atoms. The molecule has 3 aromatic rings. The Morgan fingerprint density at radius 1 is 0.926 bits per heavy atom. The third-order valence-electron chi connectivity index (χ3n) is 5.28. The maximum Gasteiger partial charge on any atom is 0.231 e. The molecule has 27 heavy (non-hydrogen) atoms. The predicted octanol–water partition coefficient (Wildman–Crippen LogP) is 4.99. The summed E-state index contributed by atoms with van der Waals surface area (Å²) >= 11 is 0. The third kappa shape index (κ3) is 4.11. The summed E-state index contributed by atoms with van der Waals surface area (Å²) in [5.41, 5.74) is 2.12. The standard InChI is InChI=1S/C23H25N3O/c27-23(20-12-6-2-7-13-20)25(18-19-10-4-1-5-11-19)22-16-17-26(24-22)21-14-8-3-9-15-21/h1,3-5,8-11,14-17,20H,2,6-7,12-13,18H2. The Hall–Kier alpha value is -2.88. The summed E-state index contributed by atoms with van der Waals surface area (Å²) in [7, 11) is 0. The quantitative estimate of drug-likeness (QED) is 0.644. The van der Waals surface area contributed by atoms with E-state index in [2.05, 4.69) is 12.1 Å². The van der Waals surface area contributed by atoms with Crippen LogP contribution in [0.2, 0.25) is 0 Å². The van der Waals surface area contributed by atoms with Gasteiger partial charge in [0.1, 0.15) is 0 Å². The first kappa shape index (κ1) is 17.5. The van der Waals surface area contributed by atoms with Gasteiger partial charge < -0.3 is 0 Å². The number of aromatic nitrogens is 2. The first-order chi connectivity index (χ1) is 13.3. The lowest BCUT2D eigenvalue weighted by molar-refractivity contribution is -0.123. The van der Waals surface area contributed by atoms with Gasteiger partial charge in [0, 0.05) is 18.2 Å². The second-order valence-corrected chi connectivity index (χ2v) is 7.20. The molecule has 0 saturated heterocycles. The monoisotopic (exact) mass is 359 g/mol. The molecule has 1 fully saturated rings. The zero-order valence-electron chi connectivity index (χ0n) is 15.5. The van der Waals surface area contributed by atoms with Crippen LogP contribution in [0.1, 0.15) is 37.7 Å². The SMILES string of the molecule is O=C(C1CCCCC1)N(Cc1ccccc1)c1ccn(-c2ccccc2)n1. The maximum atomic E-state index is 13.3. The van der Waals surface area contributed by atoms with Gasteiger partial charge in [0.2, 0.25) is 5.91 Å². The van der Waals surface area contributed by atoms with Gasteiger partial charge in [-0.1, -0.05) is 67.8 Å². The molecule has 4 heteroatoms. The molecule has 1 saturated carbocycles. The van der Waals surface area contributed by atoms with Crippen molar-refractivity contribution in [3.8, 4) is 5.69 Å². The lowest BCUT2D eigenvalue weighted by atomic mass is 9.88. The summed E-state index contributed by atoms with van der Waals surface area (Å²) < 4.78 is 1.83. The van der Waals surface area contributed by atoms with Crippen LogP contribution in [0, 0.1) is 5.92 Å². The first-order valence-corrected chi connectivity index (χ1v) is 9.78.